The number of nitrogens with one attached hydrogen (secondary N) is 1. The summed E-state index contributed by atoms with van der Waals surface area (Å²) in [4.78, 5) is 0. The molecule has 2 nitrogen and oxygen atoms in total. The van der Waals surface area contributed by atoms with Gasteiger partial charge in [0.1, 0.15) is 11.6 Å². The first-order valence-corrected chi connectivity index (χ1v) is 6.29. The van der Waals surface area contributed by atoms with Crippen LogP contribution in [-0.4, -0.2) is 13.2 Å². The Labute approximate surface area is 109 Å². The van der Waals surface area contributed by atoms with Crippen molar-refractivity contribution >= 4 is 0 Å². The van der Waals surface area contributed by atoms with Crippen LogP contribution in [0.4, 0.5) is 4.39 Å². The van der Waals surface area contributed by atoms with E-state index in [1.54, 1.807) is 13.0 Å². The molecule has 1 aromatic carbocycles. The van der Waals surface area contributed by atoms with Crippen LogP contribution in [0.5, 0.6) is 5.75 Å². The Morgan fingerprint density at radius 2 is 2.22 bits per heavy atom. The molecule has 0 aliphatic heterocycles. The maximum absolute atomic E-state index is 13.2. The number of benzene rings is 1. The minimum atomic E-state index is -0.232. The highest BCUT2D eigenvalue weighted by atomic mass is 19.1. The molecule has 0 aromatic heterocycles. The van der Waals surface area contributed by atoms with Gasteiger partial charge in [-0.3, -0.25) is 0 Å². The van der Waals surface area contributed by atoms with Crippen molar-refractivity contribution in [2.75, 3.05) is 13.2 Å². The second-order valence-corrected chi connectivity index (χ2v) is 3.95. The first-order chi connectivity index (χ1) is 8.77. The Hall–Kier alpha value is -1.53. The Kier molecular flexibility index (Phi) is 6.90. The zero-order valence-corrected chi connectivity index (χ0v) is 11.1. The van der Waals surface area contributed by atoms with E-state index < -0.39 is 0 Å². The molecule has 3 heteroatoms. The highest BCUT2D eigenvalue weighted by molar-refractivity contribution is 5.34. The van der Waals surface area contributed by atoms with E-state index >= 15 is 0 Å². The van der Waals surface area contributed by atoms with Gasteiger partial charge in [0.15, 0.2) is 0 Å². The average molecular weight is 249 g/mol. The molecule has 18 heavy (non-hydrogen) atoms. The normalized spacial score (nSPS) is 9.72. The molecule has 1 aromatic rings. The number of hydrogen-bond acceptors (Lipinski definition) is 2. The zero-order chi connectivity index (χ0) is 13.2. The highest BCUT2D eigenvalue weighted by Gasteiger charge is 2.04. The van der Waals surface area contributed by atoms with Gasteiger partial charge in [0.25, 0.3) is 0 Å². The monoisotopic (exact) mass is 249 g/mol. The molecule has 0 amide bonds. The summed E-state index contributed by atoms with van der Waals surface area (Å²) in [5.74, 6) is 6.26. The van der Waals surface area contributed by atoms with Gasteiger partial charge in [-0.15, -0.1) is 11.8 Å². The van der Waals surface area contributed by atoms with Gasteiger partial charge in [0.2, 0.25) is 0 Å². The molecule has 0 fully saturated rings. The third-order valence-electron chi connectivity index (χ3n) is 2.43. The molecule has 0 unspecified atom stereocenters. The van der Waals surface area contributed by atoms with E-state index in [2.05, 4.69) is 24.1 Å². The number of hydrogen-bond donors (Lipinski definition) is 1. The van der Waals surface area contributed by atoms with Crippen molar-refractivity contribution < 1.29 is 9.13 Å². The van der Waals surface area contributed by atoms with Crippen LogP contribution in [0.3, 0.4) is 0 Å². The molecule has 0 bridgehead atoms. The third-order valence-corrected chi connectivity index (χ3v) is 2.43. The molecule has 1 rings (SSSR count). The SMILES string of the molecule is CC#CCCOc1ccc(F)cc1CNCCC. The van der Waals surface area contributed by atoms with Crippen LogP contribution in [0.15, 0.2) is 18.2 Å². The van der Waals surface area contributed by atoms with Crippen molar-refractivity contribution in [3.8, 4) is 17.6 Å². The van der Waals surface area contributed by atoms with Crippen molar-refractivity contribution in [3.63, 3.8) is 0 Å². The zero-order valence-electron chi connectivity index (χ0n) is 11.1. The van der Waals surface area contributed by atoms with Crippen LogP contribution >= 0.6 is 0 Å². The third kappa shape index (κ3) is 5.20. The van der Waals surface area contributed by atoms with E-state index in [1.807, 2.05) is 0 Å². The lowest BCUT2D eigenvalue weighted by molar-refractivity contribution is 0.322. The maximum atomic E-state index is 13.2. The van der Waals surface area contributed by atoms with E-state index in [-0.39, 0.29) is 5.82 Å². The summed E-state index contributed by atoms with van der Waals surface area (Å²) in [6.45, 7) is 5.97. The van der Waals surface area contributed by atoms with Crippen molar-refractivity contribution in [1.82, 2.24) is 5.32 Å². The smallest absolute Gasteiger partial charge is 0.124 e. The molecule has 0 radical (unpaired) electrons. The average Bonchev–Trinajstić information content (AvgIpc) is 2.37. The Morgan fingerprint density at radius 3 is 2.94 bits per heavy atom. The van der Waals surface area contributed by atoms with Crippen LogP contribution in [0.2, 0.25) is 0 Å². The van der Waals surface area contributed by atoms with Crippen molar-refractivity contribution in [2.24, 2.45) is 0 Å². The topological polar surface area (TPSA) is 21.3 Å². The molecule has 1 N–H and O–H groups in total. The van der Waals surface area contributed by atoms with E-state index in [1.165, 1.54) is 12.1 Å². The summed E-state index contributed by atoms with van der Waals surface area (Å²) in [5.41, 5.74) is 0.855. The fourth-order valence-electron chi connectivity index (χ4n) is 1.56. The lowest BCUT2D eigenvalue weighted by Crippen LogP contribution is -2.15. The van der Waals surface area contributed by atoms with Crippen molar-refractivity contribution in [2.45, 2.75) is 33.2 Å². The molecule has 0 spiro atoms. The minimum absolute atomic E-state index is 0.232. The molecule has 0 heterocycles. The summed E-state index contributed by atoms with van der Waals surface area (Å²) in [6, 6.07) is 4.62. The Morgan fingerprint density at radius 1 is 1.39 bits per heavy atom. The van der Waals surface area contributed by atoms with Crippen LogP contribution in [0, 0.1) is 17.7 Å². The van der Waals surface area contributed by atoms with Crippen molar-refractivity contribution in [1.29, 1.82) is 0 Å². The largest absolute Gasteiger partial charge is 0.492 e. The van der Waals surface area contributed by atoms with Gasteiger partial charge in [0.05, 0.1) is 6.61 Å². The highest BCUT2D eigenvalue weighted by Crippen LogP contribution is 2.19. The molecule has 0 aliphatic carbocycles. The standard InChI is InChI=1S/C15H20FNO/c1-3-5-6-10-18-15-8-7-14(16)11-13(15)12-17-9-4-2/h7-8,11,17H,4,6,9-10,12H2,1-2H3. The Bertz CT molecular complexity index is 420. The van der Waals surface area contributed by atoms with Crippen LogP contribution < -0.4 is 10.1 Å². The maximum Gasteiger partial charge on any atom is 0.124 e. The van der Waals surface area contributed by atoms with Gasteiger partial charge < -0.3 is 10.1 Å². The second kappa shape index (κ2) is 8.54. The molecule has 0 aliphatic rings. The van der Waals surface area contributed by atoms with Crippen LogP contribution in [0.1, 0.15) is 32.3 Å². The number of halogens is 1. The van der Waals surface area contributed by atoms with E-state index in [0.717, 1.165) is 24.3 Å². The quantitative estimate of drug-likeness (QED) is 0.592. The second-order valence-electron chi connectivity index (χ2n) is 3.95. The van der Waals surface area contributed by atoms with Gasteiger partial charge in [-0.2, -0.15) is 0 Å². The van der Waals surface area contributed by atoms with Crippen LogP contribution in [-0.2, 0) is 6.54 Å². The van der Waals surface area contributed by atoms with Gasteiger partial charge in [-0.25, -0.2) is 4.39 Å². The van der Waals surface area contributed by atoms with Crippen LogP contribution in [0.25, 0.3) is 0 Å². The predicted molar refractivity (Wildman–Crippen MR) is 72.0 cm³/mol. The summed E-state index contributed by atoms with van der Waals surface area (Å²) in [7, 11) is 0. The Balaban J connectivity index is 2.59. The van der Waals surface area contributed by atoms with E-state index in [4.69, 9.17) is 4.74 Å². The lowest BCUT2D eigenvalue weighted by Gasteiger charge is -2.11. The molecule has 0 saturated heterocycles. The fourth-order valence-corrected chi connectivity index (χ4v) is 1.56. The first kappa shape index (κ1) is 14.5. The summed E-state index contributed by atoms with van der Waals surface area (Å²) in [5, 5.41) is 3.25. The van der Waals surface area contributed by atoms with E-state index in [0.29, 0.717) is 19.6 Å². The van der Waals surface area contributed by atoms with E-state index in [9.17, 15) is 4.39 Å². The summed E-state index contributed by atoms with van der Waals surface area (Å²) in [6.07, 6.45) is 1.74. The van der Waals surface area contributed by atoms with Gasteiger partial charge in [-0.05, 0) is 38.1 Å². The van der Waals surface area contributed by atoms with Crippen molar-refractivity contribution in [3.05, 3.63) is 29.6 Å². The number of ether oxygens (including phenoxy) is 1. The molecular weight excluding hydrogens is 229 g/mol. The molecule has 0 saturated carbocycles. The predicted octanol–water partition coefficient (Wildman–Crippen LogP) is 3.12. The summed E-state index contributed by atoms with van der Waals surface area (Å²) < 4.78 is 18.8. The molecule has 0 atom stereocenters. The van der Waals surface area contributed by atoms with Gasteiger partial charge in [-0.1, -0.05) is 6.92 Å². The van der Waals surface area contributed by atoms with Gasteiger partial charge >= 0.3 is 0 Å². The summed E-state index contributed by atoms with van der Waals surface area (Å²) >= 11 is 0. The lowest BCUT2D eigenvalue weighted by atomic mass is 10.2. The number of rotatable bonds is 7. The fraction of sp³-hybridized carbons (Fsp3) is 0.467. The first-order valence-electron chi connectivity index (χ1n) is 6.29. The molecule has 98 valence electrons. The molecular formula is C15H20FNO. The minimum Gasteiger partial charge on any atom is -0.492 e. The van der Waals surface area contributed by atoms with Gasteiger partial charge in [0, 0.05) is 18.5 Å².